The van der Waals surface area contributed by atoms with Gasteiger partial charge in [0, 0.05) is 6.04 Å². The van der Waals surface area contributed by atoms with Crippen LogP contribution in [0.3, 0.4) is 0 Å². The molecular weight excluding hydrogens is 286 g/mol. The Bertz CT molecular complexity index is 543. The van der Waals surface area contributed by atoms with Crippen molar-refractivity contribution in [1.29, 1.82) is 0 Å². The number of nitrogens with one attached hydrogen (secondary N) is 3. The molecule has 0 radical (unpaired) electrons. The molecule has 0 aliphatic heterocycles. The average Bonchev–Trinajstić information content (AvgIpc) is 2.46. The van der Waals surface area contributed by atoms with E-state index in [-0.39, 0.29) is 19.1 Å². The fourth-order valence-electron chi connectivity index (χ4n) is 1.55. The monoisotopic (exact) mass is 307 g/mol. The Morgan fingerprint density at radius 3 is 2.41 bits per heavy atom. The molecule has 0 aliphatic rings. The second kappa shape index (κ2) is 8.66. The molecule has 0 saturated heterocycles. The zero-order valence-corrected chi connectivity index (χ0v) is 12.9. The minimum absolute atomic E-state index is 0.0560. The summed E-state index contributed by atoms with van der Waals surface area (Å²) in [6.07, 6.45) is 0.0560. The van der Waals surface area contributed by atoms with Gasteiger partial charge in [-0.2, -0.15) is 0 Å². The minimum atomic E-state index is -0.915. The van der Waals surface area contributed by atoms with Crippen molar-refractivity contribution < 1.29 is 19.1 Å². The van der Waals surface area contributed by atoms with Gasteiger partial charge < -0.3 is 10.1 Å². The van der Waals surface area contributed by atoms with Crippen LogP contribution in [0.15, 0.2) is 24.3 Å². The molecule has 120 valence electrons. The van der Waals surface area contributed by atoms with Gasteiger partial charge in [0.1, 0.15) is 5.75 Å². The first-order chi connectivity index (χ1) is 10.4. The van der Waals surface area contributed by atoms with Gasteiger partial charge in [-0.3, -0.25) is 25.2 Å². The Hall–Kier alpha value is -2.57. The van der Waals surface area contributed by atoms with Crippen LogP contribution in [-0.4, -0.2) is 30.4 Å². The van der Waals surface area contributed by atoms with Crippen LogP contribution in [0.1, 0.15) is 25.8 Å². The van der Waals surface area contributed by atoms with Crippen molar-refractivity contribution in [3.8, 4) is 5.75 Å². The van der Waals surface area contributed by atoms with Crippen molar-refractivity contribution in [1.82, 2.24) is 16.2 Å². The van der Waals surface area contributed by atoms with E-state index in [1.54, 1.807) is 13.8 Å². The van der Waals surface area contributed by atoms with E-state index in [1.165, 1.54) is 0 Å². The molecule has 0 heterocycles. The molecule has 7 nitrogen and oxygen atoms in total. The Morgan fingerprint density at radius 2 is 1.77 bits per heavy atom. The number of para-hydroxylation sites is 1. The Kier molecular flexibility index (Phi) is 6.88. The predicted octanol–water partition coefficient (Wildman–Crippen LogP) is 0.436. The Labute approximate surface area is 129 Å². The van der Waals surface area contributed by atoms with Crippen molar-refractivity contribution >= 4 is 17.7 Å². The van der Waals surface area contributed by atoms with Crippen LogP contribution in [0.25, 0.3) is 0 Å². The molecule has 0 unspecified atom stereocenters. The Balaban J connectivity index is 2.25. The molecule has 0 spiro atoms. The second-order valence-electron chi connectivity index (χ2n) is 4.99. The fourth-order valence-corrected chi connectivity index (χ4v) is 1.55. The van der Waals surface area contributed by atoms with Gasteiger partial charge >= 0.3 is 11.8 Å². The summed E-state index contributed by atoms with van der Waals surface area (Å²) >= 11 is 0. The number of amides is 3. The van der Waals surface area contributed by atoms with E-state index in [0.29, 0.717) is 5.75 Å². The van der Waals surface area contributed by atoms with Crippen molar-refractivity contribution in [3.63, 3.8) is 0 Å². The van der Waals surface area contributed by atoms with E-state index in [9.17, 15) is 14.4 Å². The first-order valence-corrected chi connectivity index (χ1v) is 6.98. The predicted molar refractivity (Wildman–Crippen MR) is 80.9 cm³/mol. The van der Waals surface area contributed by atoms with Gasteiger partial charge in [-0.1, -0.05) is 18.2 Å². The fraction of sp³-hybridized carbons (Fsp3) is 0.400. The van der Waals surface area contributed by atoms with Gasteiger partial charge in [-0.15, -0.1) is 0 Å². The molecule has 7 heteroatoms. The maximum Gasteiger partial charge on any atom is 0.327 e. The minimum Gasteiger partial charge on any atom is -0.493 e. The molecule has 1 aromatic carbocycles. The molecule has 0 atom stereocenters. The van der Waals surface area contributed by atoms with E-state index in [1.807, 2.05) is 36.6 Å². The lowest BCUT2D eigenvalue weighted by molar-refractivity contribution is -0.141. The number of hydrazine groups is 1. The van der Waals surface area contributed by atoms with Crippen LogP contribution in [0.4, 0.5) is 0 Å². The summed E-state index contributed by atoms with van der Waals surface area (Å²) in [5, 5.41) is 2.41. The molecular formula is C15H21N3O4. The van der Waals surface area contributed by atoms with Crippen LogP contribution in [0.2, 0.25) is 0 Å². The summed E-state index contributed by atoms with van der Waals surface area (Å²) < 4.78 is 5.46. The van der Waals surface area contributed by atoms with Crippen LogP contribution in [0, 0.1) is 6.92 Å². The molecule has 3 N–H and O–H groups in total. The largest absolute Gasteiger partial charge is 0.493 e. The summed E-state index contributed by atoms with van der Waals surface area (Å²) in [6, 6.07) is 7.30. The molecule has 22 heavy (non-hydrogen) atoms. The van der Waals surface area contributed by atoms with Crippen molar-refractivity contribution in [3.05, 3.63) is 29.8 Å². The quantitative estimate of drug-likeness (QED) is 0.543. The number of carbonyl (C=O) groups excluding carboxylic acids is 3. The highest BCUT2D eigenvalue weighted by Crippen LogP contribution is 2.15. The maximum absolute atomic E-state index is 11.5. The number of ether oxygens (including phenoxy) is 1. The number of carbonyl (C=O) groups is 3. The van der Waals surface area contributed by atoms with E-state index in [2.05, 4.69) is 10.7 Å². The number of hydrogen-bond donors (Lipinski definition) is 3. The number of rotatable bonds is 5. The lowest BCUT2D eigenvalue weighted by Gasteiger charge is -2.10. The third-order valence-corrected chi connectivity index (χ3v) is 2.62. The third kappa shape index (κ3) is 6.25. The number of hydrogen-bond acceptors (Lipinski definition) is 4. The van der Waals surface area contributed by atoms with Crippen LogP contribution < -0.4 is 20.9 Å². The molecule has 0 bridgehead atoms. The number of benzene rings is 1. The maximum atomic E-state index is 11.5. The van der Waals surface area contributed by atoms with Gasteiger partial charge in [-0.25, -0.2) is 0 Å². The van der Waals surface area contributed by atoms with Gasteiger partial charge in [0.15, 0.2) is 0 Å². The normalized spacial score (nSPS) is 10.0. The van der Waals surface area contributed by atoms with Crippen LogP contribution in [-0.2, 0) is 14.4 Å². The molecule has 0 aromatic heterocycles. The lowest BCUT2D eigenvalue weighted by atomic mass is 10.2. The highest BCUT2D eigenvalue weighted by molar-refractivity contribution is 6.35. The highest BCUT2D eigenvalue weighted by atomic mass is 16.5. The molecule has 0 aliphatic carbocycles. The van der Waals surface area contributed by atoms with Gasteiger partial charge in [0.25, 0.3) is 0 Å². The van der Waals surface area contributed by atoms with Crippen molar-refractivity contribution in [2.45, 2.75) is 33.2 Å². The van der Waals surface area contributed by atoms with E-state index in [0.717, 1.165) is 5.56 Å². The summed E-state index contributed by atoms with van der Waals surface area (Å²) in [7, 11) is 0. The van der Waals surface area contributed by atoms with E-state index >= 15 is 0 Å². The van der Waals surface area contributed by atoms with Gasteiger partial charge in [-0.05, 0) is 32.4 Å². The second-order valence-corrected chi connectivity index (χ2v) is 4.99. The van der Waals surface area contributed by atoms with Crippen molar-refractivity contribution in [2.24, 2.45) is 0 Å². The average molecular weight is 307 g/mol. The zero-order chi connectivity index (χ0) is 16.5. The first-order valence-electron chi connectivity index (χ1n) is 6.98. The standard InChI is InChI=1S/C15H21N3O4/c1-10(2)16-14(20)15(21)18-17-13(19)8-9-22-12-7-5-4-6-11(12)3/h4-7,10H,8-9H2,1-3H3,(H,16,20)(H,17,19)(H,18,21). The smallest absolute Gasteiger partial charge is 0.327 e. The molecule has 0 fully saturated rings. The topological polar surface area (TPSA) is 96.5 Å². The SMILES string of the molecule is Cc1ccccc1OCCC(=O)NNC(=O)C(=O)NC(C)C. The summed E-state index contributed by atoms with van der Waals surface area (Å²) in [5.74, 6) is -1.46. The summed E-state index contributed by atoms with van der Waals surface area (Å²) in [5.41, 5.74) is 5.17. The summed E-state index contributed by atoms with van der Waals surface area (Å²) in [4.78, 5) is 34.2. The molecule has 0 saturated carbocycles. The lowest BCUT2D eigenvalue weighted by Crippen LogP contribution is -2.49. The van der Waals surface area contributed by atoms with Crippen LogP contribution >= 0.6 is 0 Å². The van der Waals surface area contributed by atoms with E-state index in [4.69, 9.17) is 4.74 Å². The van der Waals surface area contributed by atoms with E-state index < -0.39 is 17.7 Å². The molecule has 3 amide bonds. The first kappa shape index (κ1) is 17.5. The Morgan fingerprint density at radius 1 is 1.09 bits per heavy atom. The van der Waals surface area contributed by atoms with Gasteiger partial charge in [0.05, 0.1) is 13.0 Å². The molecule has 1 aromatic rings. The summed E-state index contributed by atoms with van der Waals surface area (Å²) in [6.45, 7) is 5.53. The zero-order valence-electron chi connectivity index (χ0n) is 12.9. The molecule has 1 rings (SSSR count). The van der Waals surface area contributed by atoms with Crippen LogP contribution in [0.5, 0.6) is 5.75 Å². The highest BCUT2D eigenvalue weighted by Gasteiger charge is 2.14. The van der Waals surface area contributed by atoms with Crippen molar-refractivity contribution in [2.75, 3.05) is 6.61 Å². The third-order valence-electron chi connectivity index (χ3n) is 2.62. The van der Waals surface area contributed by atoms with Gasteiger partial charge in [0.2, 0.25) is 5.91 Å². The number of aryl methyl sites for hydroxylation is 1.